The molecule has 0 aromatic carbocycles. The Balaban J connectivity index is 4.10. The van der Waals surface area contributed by atoms with E-state index in [4.69, 9.17) is 0 Å². The molecule has 0 aliphatic heterocycles. The van der Waals surface area contributed by atoms with Gasteiger partial charge in [-0.25, -0.2) is 0 Å². The highest BCUT2D eigenvalue weighted by Crippen LogP contribution is 2.29. The van der Waals surface area contributed by atoms with Crippen molar-refractivity contribution >= 4 is 0 Å². The molecule has 0 radical (unpaired) electrons. The van der Waals surface area contributed by atoms with Gasteiger partial charge in [-0.3, -0.25) is 0 Å². The Morgan fingerprint density at radius 1 is 0.400 bits per heavy atom. The maximum Gasteiger partial charge on any atom is -0.0412 e. The summed E-state index contributed by atoms with van der Waals surface area (Å²) in [6.07, 6.45) is 27.7. The lowest BCUT2D eigenvalue weighted by atomic mass is 9.83. The van der Waals surface area contributed by atoms with Crippen molar-refractivity contribution in [3.05, 3.63) is 0 Å². The van der Waals surface area contributed by atoms with Gasteiger partial charge in [-0.1, -0.05) is 143 Å². The summed E-state index contributed by atoms with van der Waals surface area (Å²) in [5.74, 6) is 2.03. The molecule has 0 heterocycles. The van der Waals surface area contributed by atoms with Crippen LogP contribution in [-0.2, 0) is 0 Å². The van der Waals surface area contributed by atoms with E-state index in [0.717, 1.165) is 11.8 Å². The Labute approximate surface area is 161 Å². The van der Waals surface area contributed by atoms with Crippen LogP contribution in [0, 0.1) is 11.8 Å². The second-order valence-corrected chi connectivity index (χ2v) is 8.63. The first-order chi connectivity index (χ1) is 12.3. The average molecular weight is 353 g/mol. The molecule has 0 nitrogen and oxygen atoms in total. The summed E-state index contributed by atoms with van der Waals surface area (Å²) in [4.78, 5) is 0. The monoisotopic (exact) mass is 352 g/mol. The summed E-state index contributed by atoms with van der Waals surface area (Å²) < 4.78 is 0. The molecule has 0 saturated carbocycles. The molecular formula is C25H52. The van der Waals surface area contributed by atoms with Crippen molar-refractivity contribution in [2.75, 3.05) is 0 Å². The molecule has 2 unspecified atom stereocenters. The predicted molar refractivity (Wildman–Crippen MR) is 117 cm³/mol. The van der Waals surface area contributed by atoms with Gasteiger partial charge in [0.15, 0.2) is 0 Å². The zero-order chi connectivity index (χ0) is 18.6. The quantitative estimate of drug-likeness (QED) is 0.191. The number of hydrogen-bond acceptors (Lipinski definition) is 0. The first kappa shape index (κ1) is 25.0. The summed E-state index contributed by atoms with van der Waals surface area (Å²) in [5.41, 5.74) is 0. The number of hydrogen-bond donors (Lipinski definition) is 0. The van der Waals surface area contributed by atoms with Gasteiger partial charge in [-0.2, -0.15) is 0 Å². The Morgan fingerprint density at radius 3 is 1.20 bits per heavy atom. The second-order valence-electron chi connectivity index (χ2n) is 8.63. The lowest BCUT2D eigenvalue weighted by Crippen LogP contribution is -2.09. The smallest absolute Gasteiger partial charge is 0.0412 e. The lowest BCUT2D eigenvalue weighted by molar-refractivity contribution is 0.294. The predicted octanol–water partition coefficient (Wildman–Crippen LogP) is 9.71. The Kier molecular flexibility index (Phi) is 20.3. The molecular weight excluding hydrogens is 300 g/mol. The largest absolute Gasteiger partial charge is 0.0654 e. The Bertz CT molecular complexity index is 232. The highest BCUT2D eigenvalue weighted by Gasteiger charge is 2.15. The molecule has 0 aliphatic rings. The average Bonchev–Trinajstić information content (AvgIpc) is 2.63. The van der Waals surface area contributed by atoms with Crippen molar-refractivity contribution < 1.29 is 0 Å². The highest BCUT2D eigenvalue weighted by atomic mass is 14.2. The van der Waals surface area contributed by atoms with Crippen LogP contribution in [0.15, 0.2) is 0 Å². The molecule has 0 N–H and O–H groups in total. The van der Waals surface area contributed by atoms with Crippen molar-refractivity contribution in [1.29, 1.82) is 0 Å². The third-order valence-corrected chi connectivity index (χ3v) is 6.14. The molecule has 0 spiro atoms. The van der Waals surface area contributed by atoms with Crippen LogP contribution in [0.25, 0.3) is 0 Å². The van der Waals surface area contributed by atoms with E-state index in [0.29, 0.717) is 0 Å². The van der Waals surface area contributed by atoms with Crippen LogP contribution in [0.5, 0.6) is 0 Å². The molecule has 152 valence electrons. The van der Waals surface area contributed by atoms with Crippen molar-refractivity contribution in [3.8, 4) is 0 Å². The SMILES string of the molecule is CCCCCCCCC(CCCCCC)CC(CC)CCCCCC. The fraction of sp³-hybridized carbons (Fsp3) is 1.00. The van der Waals surface area contributed by atoms with Gasteiger partial charge in [0.1, 0.15) is 0 Å². The van der Waals surface area contributed by atoms with Crippen LogP contribution in [0.3, 0.4) is 0 Å². The van der Waals surface area contributed by atoms with E-state index in [1.54, 1.807) is 0 Å². The summed E-state index contributed by atoms with van der Waals surface area (Å²) in [6, 6.07) is 0. The van der Waals surface area contributed by atoms with E-state index >= 15 is 0 Å². The fourth-order valence-electron chi connectivity index (χ4n) is 4.27. The maximum atomic E-state index is 2.43. The molecule has 0 fully saturated rings. The lowest BCUT2D eigenvalue weighted by Gasteiger charge is -2.23. The molecule has 0 rings (SSSR count). The second kappa shape index (κ2) is 20.3. The first-order valence-electron chi connectivity index (χ1n) is 12.3. The van der Waals surface area contributed by atoms with Gasteiger partial charge in [0.05, 0.1) is 0 Å². The number of unbranched alkanes of at least 4 members (excludes halogenated alkanes) is 11. The minimum atomic E-state index is 1.01. The van der Waals surface area contributed by atoms with E-state index in [-0.39, 0.29) is 0 Å². The first-order valence-corrected chi connectivity index (χ1v) is 12.3. The van der Waals surface area contributed by atoms with E-state index in [2.05, 4.69) is 27.7 Å². The topological polar surface area (TPSA) is 0 Å². The maximum absolute atomic E-state index is 2.43. The van der Waals surface area contributed by atoms with Crippen LogP contribution in [0.2, 0.25) is 0 Å². The number of rotatable bonds is 20. The fourth-order valence-corrected chi connectivity index (χ4v) is 4.27. The van der Waals surface area contributed by atoms with E-state index < -0.39 is 0 Å². The molecule has 0 aromatic heterocycles. The van der Waals surface area contributed by atoms with Crippen LogP contribution in [0.1, 0.15) is 150 Å². The third kappa shape index (κ3) is 17.2. The van der Waals surface area contributed by atoms with Crippen LogP contribution < -0.4 is 0 Å². The zero-order valence-corrected chi connectivity index (χ0v) is 18.6. The molecule has 0 bridgehead atoms. The molecule has 25 heavy (non-hydrogen) atoms. The van der Waals surface area contributed by atoms with Crippen molar-refractivity contribution in [2.24, 2.45) is 11.8 Å². The summed E-state index contributed by atoms with van der Waals surface area (Å²) in [6.45, 7) is 9.41. The van der Waals surface area contributed by atoms with E-state index in [1.165, 1.54) is 122 Å². The summed E-state index contributed by atoms with van der Waals surface area (Å²) in [5, 5.41) is 0. The van der Waals surface area contributed by atoms with Crippen LogP contribution >= 0.6 is 0 Å². The zero-order valence-electron chi connectivity index (χ0n) is 18.6. The van der Waals surface area contributed by atoms with Gasteiger partial charge < -0.3 is 0 Å². The van der Waals surface area contributed by atoms with E-state index in [9.17, 15) is 0 Å². The molecule has 0 amide bonds. The van der Waals surface area contributed by atoms with Gasteiger partial charge in [0.25, 0.3) is 0 Å². The molecule has 0 aliphatic carbocycles. The molecule has 2 atom stereocenters. The standard InChI is InChI=1S/C25H52/c1-5-9-12-15-16-19-22-25(21-18-14-11-7-3)23-24(8-4)20-17-13-10-6-2/h24-25H,5-23H2,1-4H3. The van der Waals surface area contributed by atoms with Gasteiger partial charge in [-0.15, -0.1) is 0 Å². The van der Waals surface area contributed by atoms with Crippen molar-refractivity contribution in [3.63, 3.8) is 0 Å². The minimum absolute atomic E-state index is 1.01. The summed E-state index contributed by atoms with van der Waals surface area (Å²) in [7, 11) is 0. The van der Waals surface area contributed by atoms with Gasteiger partial charge in [0.2, 0.25) is 0 Å². The van der Waals surface area contributed by atoms with Gasteiger partial charge in [0, 0.05) is 0 Å². The minimum Gasteiger partial charge on any atom is -0.0654 e. The molecule has 0 heteroatoms. The Hall–Kier alpha value is 0. The molecule has 0 aromatic rings. The van der Waals surface area contributed by atoms with Crippen molar-refractivity contribution in [2.45, 2.75) is 150 Å². The van der Waals surface area contributed by atoms with E-state index in [1.807, 2.05) is 0 Å². The molecule has 0 saturated heterocycles. The van der Waals surface area contributed by atoms with Crippen molar-refractivity contribution in [1.82, 2.24) is 0 Å². The van der Waals surface area contributed by atoms with Crippen LogP contribution in [0.4, 0.5) is 0 Å². The third-order valence-electron chi connectivity index (χ3n) is 6.14. The highest BCUT2D eigenvalue weighted by molar-refractivity contribution is 4.67. The normalized spacial score (nSPS) is 13.9. The van der Waals surface area contributed by atoms with Gasteiger partial charge in [-0.05, 0) is 18.3 Å². The summed E-state index contributed by atoms with van der Waals surface area (Å²) >= 11 is 0. The van der Waals surface area contributed by atoms with Crippen LogP contribution in [-0.4, -0.2) is 0 Å². The Morgan fingerprint density at radius 2 is 0.760 bits per heavy atom. The van der Waals surface area contributed by atoms with Gasteiger partial charge >= 0.3 is 0 Å².